The summed E-state index contributed by atoms with van der Waals surface area (Å²) >= 11 is 0. The summed E-state index contributed by atoms with van der Waals surface area (Å²) < 4.78 is 23.3. The first-order valence-corrected chi connectivity index (χ1v) is 10.4. The van der Waals surface area contributed by atoms with E-state index in [0.29, 0.717) is 17.7 Å². The average Bonchev–Trinajstić information content (AvgIpc) is 3.02. The van der Waals surface area contributed by atoms with Crippen LogP contribution in [-0.2, 0) is 9.84 Å². The zero-order valence-electron chi connectivity index (χ0n) is 15.2. The second-order valence-electron chi connectivity index (χ2n) is 6.72. The minimum atomic E-state index is -3.09. The van der Waals surface area contributed by atoms with E-state index in [2.05, 4.69) is 10.3 Å². The van der Waals surface area contributed by atoms with Crippen LogP contribution in [-0.4, -0.2) is 54.7 Å². The van der Waals surface area contributed by atoms with Gasteiger partial charge in [0.15, 0.2) is 9.84 Å². The summed E-state index contributed by atoms with van der Waals surface area (Å²) in [5.74, 6) is -0.680. The van der Waals surface area contributed by atoms with Crippen LogP contribution in [0.4, 0.5) is 5.69 Å². The molecule has 0 spiro atoms. The van der Waals surface area contributed by atoms with Crippen molar-refractivity contribution >= 4 is 27.3 Å². The summed E-state index contributed by atoms with van der Waals surface area (Å²) in [5.41, 5.74) is 2.13. The summed E-state index contributed by atoms with van der Waals surface area (Å²) in [6.07, 6.45) is 1.83. The Kier molecular flexibility index (Phi) is 5.27. The SMILES string of the molecule is Cc1ccc(NC(=O)c2cc(C(=O)N(C)C3CCS(=O)(=O)C3)ccn2)cc1. The number of hydrogen-bond donors (Lipinski definition) is 1. The number of amides is 2. The van der Waals surface area contributed by atoms with Crippen LogP contribution >= 0.6 is 0 Å². The number of carbonyl (C=O) groups is 2. The molecule has 7 nitrogen and oxygen atoms in total. The first kappa shape index (κ1) is 19.0. The van der Waals surface area contributed by atoms with Gasteiger partial charge >= 0.3 is 0 Å². The second kappa shape index (κ2) is 7.48. The number of carbonyl (C=O) groups excluding carboxylic acids is 2. The molecule has 1 aliphatic rings. The summed E-state index contributed by atoms with van der Waals surface area (Å²) in [5, 5.41) is 2.74. The molecule has 1 unspecified atom stereocenters. The minimum absolute atomic E-state index is 0.0267. The normalized spacial score (nSPS) is 18.1. The van der Waals surface area contributed by atoms with Crippen LogP contribution < -0.4 is 5.32 Å². The van der Waals surface area contributed by atoms with E-state index >= 15 is 0 Å². The van der Waals surface area contributed by atoms with Crippen molar-refractivity contribution in [1.29, 1.82) is 0 Å². The first-order valence-electron chi connectivity index (χ1n) is 8.57. The number of rotatable bonds is 4. The second-order valence-corrected chi connectivity index (χ2v) is 8.95. The Balaban J connectivity index is 1.73. The molecule has 1 aromatic heterocycles. The van der Waals surface area contributed by atoms with E-state index in [1.54, 1.807) is 19.2 Å². The molecule has 1 aliphatic heterocycles. The highest BCUT2D eigenvalue weighted by Gasteiger charge is 2.33. The van der Waals surface area contributed by atoms with Crippen molar-refractivity contribution in [2.75, 3.05) is 23.9 Å². The standard InChI is InChI=1S/C19H21N3O4S/c1-13-3-5-15(6-4-13)21-18(23)17-11-14(7-9-20-17)19(24)22(2)16-8-10-27(25,26)12-16/h3-7,9,11,16H,8,10,12H2,1-2H3,(H,21,23). The van der Waals surface area contributed by atoms with Crippen LogP contribution in [0.3, 0.4) is 0 Å². The molecule has 0 radical (unpaired) electrons. The minimum Gasteiger partial charge on any atom is -0.338 e. The smallest absolute Gasteiger partial charge is 0.274 e. The fourth-order valence-electron chi connectivity index (χ4n) is 2.97. The number of anilines is 1. The fourth-order valence-corrected chi connectivity index (χ4v) is 4.74. The molecule has 2 heterocycles. The maximum Gasteiger partial charge on any atom is 0.274 e. The molecule has 8 heteroatoms. The number of hydrogen-bond acceptors (Lipinski definition) is 5. The Morgan fingerprint density at radius 3 is 2.52 bits per heavy atom. The van der Waals surface area contributed by atoms with Crippen LogP contribution in [0.2, 0.25) is 0 Å². The zero-order chi connectivity index (χ0) is 19.6. The molecule has 0 aliphatic carbocycles. The average molecular weight is 387 g/mol. The molecule has 0 bridgehead atoms. The maximum absolute atomic E-state index is 12.7. The van der Waals surface area contributed by atoms with Crippen LogP contribution in [0.25, 0.3) is 0 Å². The van der Waals surface area contributed by atoms with Crippen molar-refractivity contribution in [3.8, 4) is 0 Å². The predicted molar refractivity (Wildman–Crippen MR) is 103 cm³/mol. The van der Waals surface area contributed by atoms with Gasteiger partial charge in [-0.2, -0.15) is 0 Å². The molecular formula is C19H21N3O4S. The molecule has 1 aromatic carbocycles. The van der Waals surface area contributed by atoms with Gasteiger partial charge in [0.2, 0.25) is 0 Å². The maximum atomic E-state index is 12.7. The summed E-state index contributed by atoms with van der Waals surface area (Å²) in [6.45, 7) is 1.95. The molecule has 142 valence electrons. The number of sulfone groups is 1. The van der Waals surface area contributed by atoms with Crippen LogP contribution in [0.5, 0.6) is 0 Å². The van der Waals surface area contributed by atoms with Gasteiger partial charge < -0.3 is 10.2 Å². The van der Waals surface area contributed by atoms with Gasteiger partial charge in [0, 0.05) is 30.5 Å². The molecule has 1 N–H and O–H groups in total. The fraction of sp³-hybridized carbons (Fsp3) is 0.316. The number of aromatic nitrogens is 1. The van der Waals surface area contributed by atoms with Gasteiger partial charge in [0.25, 0.3) is 11.8 Å². The highest BCUT2D eigenvalue weighted by atomic mass is 32.2. The Hall–Kier alpha value is -2.74. The van der Waals surface area contributed by atoms with Gasteiger partial charge in [-0.25, -0.2) is 8.42 Å². The van der Waals surface area contributed by atoms with Crippen molar-refractivity contribution in [2.24, 2.45) is 0 Å². The summed E-state index contributed by atoms with van der Waals surface area (Å²) in [7, 11) is -1.50. The molecule has 3 rings (SSSR count). The highest BCUT2D eigenvalue weighted by molar-refractivity contribution is 7.91. The zero-order valence-corrected chi connectivity index (χ0v) is 16.0. The quantitative estimate of drug-likeness (QED) is 0.864. The highest BCUT2D eigenvalue weighted by Crippen LogP contribution is 2.19. The van der Waals surface area contributed by atoms with E-state index < -0.39 is 15.7 Å². The van der Waals surface area contributed by atoms with Gasteiger partial charge in [-0.1, -0.05) is 17.7 Å². The molecule has 2 amide bonds. The molecule has 2 aromatic rings. The lowest BCUT2D eigenvalue weighted by Crippen LogP contribution is -2.38. The Bertz CT molecular complexity index is 971. The van der Waals surface area contributed by atoms with Gasteiger partial charge in [0.05, 0.1) is 11.5 Å². The van der Waals surface area contributed by atoms with Crippen molar-refractivity contribution < 1.29 is 18.0 Å². The Labute approximate surface area is 158 Å². The lowest BCUT2D eigenvalue weighted by atomic mass is 10.1. The Morgan fingerprint density at radius 1 is 1.19 bits per heavy atom. The largest absolute Gasteiger partial charge is 0.338 e. The third-order valence-electron chi connectivity index (χ3n) is 4.63. The van der Waals surface area contributed by atoms with Gasteiger partial charge in [-0.3, -0.25) is 14.6 Å². The topological polar surface area (TPSA) is 96.4 Å². The summed E-state index contributed by atoms with van der Waals surface area (Å²) in [6, 6.07) is 9.94. The van der Waals surface area contributed by atoms with E-state index in [9.17, 15) is 18.0 Å². The third-order valence-corrected chi connectivity index (χ3v) is 6.38. The number of benzene rings is 1. The molecule has 27 heavy (non-hydrogen) atoms. The van der Waals surface area contributed by atoms with E-state index in [1.165, 1.54) is 23.2 Å². The number of pyridine rings is 1. The monoisotopic (exact) mass is 387 g/mol. The van der Waals surface area contributed by atoms with Crippen LogP contribution in [0.1, 0.15) is 32.8 Å². The lowest BCUT2D eigenvalue weighted by molar-refractivity contribution is 0.0747. The molecular weight excluding hydrogens is 366 g/mol. The van der Waals surface area contributed by atoms with Gasteiger partial charge in [-0.05, 0) is 37.6 Å². The van der Waals surface area contributed by atoms with Crippen molar-refractivity contribution in [2.45, 2.75) is 19.4 Å². The lowest BCUT2D eigenvalue weighted by Gasteiger charge is -2.23. The third kappa shape index (κ3) is 4.51. The number of aryl methyl sites for hydroxylation is 1. The number of nitrogens with one attached hydrogen (secondary N) is 1. The van der Waals surface area contributed by atoms with E-state index in [1.807, 2.05) is 19.1 Å². The van der Waals surface area contributed by atoms with Gasteiger partial charge in [0.1, 0.15) is 5.69 Å². The van der Waals surface area contributed by atoms with E-state index in [-0.39, 0.29) is 29.1 Å². The molecule has 1 atom stereocenters. The summed E-state index contributed by atoms with van der Waals surface area (Å²) in [4.78, 5) is 30.6. The van der Waals surface area contributed by atoms with Crippen LogP contribution in [0.15, 0.2) is 42.6 Å². The predicted octanol–water partition coefficient (Wildman–Crippen LogP) is 1.90. The number of nitrogens with zero attached hydrogens (tertiary/aromatic N) is 2. The van der Waals surface area contributed by atoms with Crippen molar-refractivity contribution in [3.63, 3.8) is 0 Å². The van der Waals surface area contributed by atoms with Gasteiger partial charge in [-0.15, -0.1) is 0 Å². The van der Waals surface area contributed by atoms with E-state index in [4.69, 9.17) is 0 Å². The van der Waals surface area contributed by atoms with Crippen molar-refractivity contribution in [1.82, 2.24) is 9.88 Å². The van der Waals surface area contributed by atoms with E-state index in [0.717, 1.165) is 5.56 Å². The molecule has 1 saturated heterocycles. The molecule has 0 saturated carbocycles. The van der Waals surface area contributed by atoms with Crippen LogP contribution in [0, 0.1) is 6.92 Å². The Morgan fingerprint density at radius 2 is 1.89 bits per heavy atom. The molecule has 1 fully saturated rings. The first-order chi connectivity index (χ1) is 12.7. The van der Waals surface area contributed by atoms with Crippen molar-refractivity contribution in [3.05, 3.63) is 59.4 Å².